The van der Waals surface area contributed by atoms with Crippen molar-refractivity contribution in [3.8, 4) is 0 Å². The summed E-state index contributed by atoms with van der Waals surface area (Å²) in [6.45, 7) is 3.57. The lowest BCUT2D eigenvalue weighted by Crippen LogP contribution is -2.08. The molecule has 0 aliphatic heterocycles. The van der Waals surface area contributed by atoms with Crippen molar-refractivity contribution in [3.05, 3.63) is 51.7 Å². The Balaban J connectivity index is 2.14. The average molecular weight is 375 g/mol. The van der Waals surface area contributed by atoms with E-state index in [1.807, 2.05) is 0 Å². The first kappa shape index (κ1) is 18.6. The summed E-state index contributed by atoms with van der Waals surface area (Å²) < 4.78 is 37.7. The minimum Gasteiger partial charge on any atom is -0.399 e. The van der Waals surface area contributed by atoms with E-state index in [9.17, 15) is 18.0 Å². The third-order valence-electron chi connectivity index (χ3n) is 3.39. The molecule has 128 valence electrons. The van der Waals surface area contributed by atoms with Gasteiger partial charge in [0.1, 0.15) is 5.03 Å². The lowest BCUT2D eigenvalue weighted by atomic mass is 10.0. The number of halogens is 4. The molecular formula is C16H14ClF3N2OS. The third-order valence-corrected chi connectivity index (χ3v) is 4.79. The van der Waals surface area contributed by atoms with Crippen LogP contribution in [0.15, 0.2) is 29.4 Å². The number of nitrogens with two attached hydrogens (primary N) is 1. The lowest BCUT2D eigenvalue weighted by Gasteiger charge is -2.10. The molecule has 0 aliphatic carbocycles. The van der Waals surface area contributed by atoms with Crippen LogP contribution in [-0.4, -0.2) is 16.5 Å². The van der Waals surface area contributed by atoms with Crippen LogP contribution < -0.4 is 5.73 Å². The molecular weight excluding hydrogens is 361 g/mol. The summed E-state index contributed by atoms with van der Waals surface area (Å²) in [6.07, 6.45) is -3.80. The van der Waals surface area contributed by atoms with Crippen LogP contribution in [0.2, 0.25) is 5.02 Å². The first-order chi connectivity index (χ1) is 11.1. The molecule has 0 radical (unpaired) electrons. The molecule has 0 aliphatic rings. The zero-order chi connectivity index (χ0) is 18.1. The van der Waals surface area contributed by atoms with E-state index < -0.39 is 11.7 Å². The predicted octanol–water partition coefficient (Wildman–Crippen LogP) is 4.93. The minimum absolute atomic E-state index is 0.0162. The number of nitrogens with zero attached hydrogens (tertiary/aromatic N) is 1. The maximum absolute atomic E-state index is 12.6. The standard InChI is InChI=1S/C16H14ClF3N2OS/c1-8-4-13(21)9(2)3-11(8)14(23)7-24-15-12(17)5-10(6-22-15)16(18,19)20/h3-6H,7,21H2,1-2H3. The number of pyridine rings is 1. The summed E-state index contributed by atoms with van der Waals surface area (Å²) in [7, 11) is 0. The summed E-state index contributed by atoms with van der Waals surface area (Å²) in [5.41, 5.74) is 7.53. The van der Waals surface area contributed by atoms with Crippen LogP contribution in [0.1, 0.15) is 27.0 Å². The van der Waals surface area contributed by atoms with Gasteiger partial charge in [-0.25, -0.2) is 4.98 Å². The van der Waals surface area contributed by atoms with Gasteiger partial charge in [-0.2, -0.15) is 13.2 Å². The second-order valence-corrected chi connectivity index (χ2v) is 6.62. The van der Waals surface area contributed by atoms with Gasteiger partial charge >= 0.3 is 6.18 Å². The molecule has 0 atom stereocenters. The number of carbonyl (C=O) groups is 1. The van der Waals surface area contributed by atoms with Gasteiger partial charge in [0, 0.05) is 17.4 Å². The minimum atomic E-state index is -4.51. The Labute approximate surface area is 146 Å². The van der Waals surface area contributed by atoms with Gasteiger partial charge in [0.15, 0.2) is 5.78 Å². The van der Waals surface area contributed by atoms with Crippen molar-refractivity contribution in [2.24, 2.45) is 0 Å². The van der Waals surface area contributed by atoms with Gasteiger partial charge in [-0.15, -0.1) is 0 Å². The fourth-order valence-corrected chi connectivity index (χ4v) is 3.11. The van der Waals surface area contributed by atoms with Crippen LogP contribution in [0.25, 0.3) is 0 Å². The third kappa shape index (κ3) is 4.21. The van der Waals surface area contributed by atoms with Crippen molar-refractivity contribution in [1.82, 2.24) is 4.98 Å². The number of ketones is 1. The first-order valence-electron chi connectivity index (χ1n) is 6.85. The van der Waals surface area contributed by atoms with Crippen molar-refractivity contribution < 1.29 is 18.0 Å². The van der Waals surface area contributed by atoms with E-state index >= 15 is 0 Å². The number of Topliss-reactive ketones (excluding diaryl/α,β-unsaturated/α-hetero) is 1. The largest absolute Gasteiger partial charge is 0.417 e. The highest BCUT2D eigenvalue weighted by atomic mass is 35.5. The maximum atomic E-state index is 12.6. The lowest BCUT2D eigenvalue weighted by molar-refractivity contribution is -0.137. The molecule has 0 bridgehead atoms. The Hall–Kier alpha value is -1.73. The normalized spacial score (nSPS) is 11.6. The van der Waals surface area contributed by atoms with Crippen molar-refractivity contribution in [2.75, 3.05) is 11.5 Å². The highest BCUT2D eigenvalue weighted by Gasteiger charge is 2.31. The summed E-state index contributed by atoms with van der Waals surface area (Å²) in [4.78, 5) is 16.0. The molecule has 2 N–H and O–H groups in total. The second-order valence-electron chi connectivity index (χ2n) is 5.24. The van der Waals surface area contributed by atoms with Gasteiger partial charge in [-0.3, -0.25) is 4.79 Å². The number of thioether (sulfide) groups is 1. The van der Waals surface area contributed by atoms with E-state index in [1.165, 1.54) is 0 Å². The number of hydrogen-bond acceptors (Lipinski definition) is 4. The SMILES string of the molecule is Cc1cc(C(=O)CSc2ncc(C(F)(F)F)cc2Cl)c(C)cc1N. The highest BCUT2D eigenvalue weighted by molar-refractivity contribution is 8.00. The van der Waals surface area contributed by atoms with E-state index in [4.69, 9.17) is 17.3 Å². The fourth-order valence-electron chi connectivity index (χ4n) is 2.04. The summed E-state index contributed by atoms with van der Waals surface area (Å²) in [6, 6.07) is 4.23. The van der Waals surface area contributed by atoms with E-state index in [0.29, 0.717) is 17.4 Å². The maximum Gasteiger partial charge on any atom is 0.417 e. The Morgan fingerprint density at radius 2 is 1.92 bits per heavy atom. The number of carbonyl (C=O) groups excluding carboxylic acids is 1. The smallest absolute Gasteiger partial charge is 0.399 e. The molecule has 3 nitrogen and oxygen atoms in total. The topological polar surface area (TPSA) is 56.0 Å². The van der Waals surface area contributed by atoms with Crippen LogP contribution in [0.4, 0.5) is 18.9 Å². The number of anilines is 1. The van der Waals surface area contributed by atoms with Gasteiger partial charge < -0.3 is 5.73 Å². The summed E-state index contributed by atoms with van der Waals surface area (Å²) in [5, 5.41) is 0.0515. The number of rotatable bonds is 4. The van der Waals surface area contributed by atoms with Crippen LogP contribution in [-0.2, 0) is 6.18 Å². The number of alkyl halides is 3. The van der Waals surface area contributed by atoms with Gasteiger partial charge in [0.05, 0.1) is 16.3 Å². The van der Waals surface area contributed by atoms with Gasteiger partial charge in [0.2, 0.25) is 0 Å². The van der Waals surface area contributed by atoms with Crippen LogP contribution in [0.3, 0.4) is 0 Å². The van der Waals surface area contributed by atoms with E-state index in [0.717, 1.165) is 29.0 Å². The van der Waals surface area contributed by atoms with Crippen LogP contribution in [0, 0.1) is 13.8 Å². The monoisotopic (exact) mass is 374 g/mol. The molecule has 0 saturated carbocycles. The van der Waals surface area contributed by atoms with Gasteiger partial charge in [-0.05, 0) is 43.2 Å². The fraction of sp³-hybridized carbons (Fsp3) is 0.250. The molecule has 0 saturated heterocycles. The molecule has 1 aromatic heterocycles. The molecule has 0 amide bonds. The number of hydrogen-bond donors (Lipinski definition) is 1. The summed E-state index contributed by atoms with van der Waals surface area (Å²) in [5.74, 6) is -0.152. The van der Waals surface area contributed by atoms with Gasteiger partial charge in [-0.1, -0.05) is 23.4 Å². The van der Waals surface area contributed by atoms with E-state index in [-0.39, 0.29) is 21.6 Å². The average Bonchev–Trinajstić information content (AvgIpc) is 2.48. The Bertz CT molecular complexity index is 794. The quantitative estimate of drug-likeness (QED) is 0.468. The molecule has 2 aromatic rings. The zero-order valence-electron chi connectivity index (χ0n) is 12.9. The van der Waals surface area contributed by atoms with Crippen molar-refractivity contribution >= 4 is 34.8 Å². The van der Waals surface area contributed by atoms with Gasteiger partial charge in [0.25, 0.3) is 0 Å². The number of nitrogen functional groups attached to an aromatic ring is 1. The molecule has 0 spiro atoms. The van der Waals surface area contributed by atoms with E-state index in [1.54, 1.807) is 26.0 Å². The van der Waals surface area contributed by atoms with Crippen LogP contribution >= 0.6 is 23.4 Å². The van der Waals surface area contributed by atoms with E-state index in [2.05, 4.69) is 4.98 Å². The zero-order valence-corrected chi connectivity index (χ0v) is 14.4. The van der Waals surface area contributed by atoms with Crippen LogP contribution in [0.5, 0.6) is 0 Å². The predicted molar refractivity (Wildman–Crippen MR) is 89.6 cm³/mol. The number of aromatic nitrogens is 1. The van der Waals surface area contributed by atoms with Crippen molar-refractivity contribution in [3.63, 3.8) is 0 Å². The first-order valence-corrected chi connectivity index (χ1v) is 8.21. The molecule has 1 heterocycles. The molecule has 0 unspecified atom stereocenters. The Morgan fingerprint density at radius 1 is 1.25 bits per heavy atom. The molecule has 8 heteroatoms. The molecule has 0 fully saturated rings. The van der Waals surface area contributed by atoms with Crippen molar-refractivity contribution in [2.45, 2.75) is 25.0 Å². The second kappa shape index (κ2) is 7.03. The molecule has 2 rings (SSSR count). The number of aryl methyl sites for hydroxylation is 2. The molecule has 1 aromatic carbocycles. The summed E-state index contributed by atoms with van der Waals surface area (Å²) >= 11 is 6.83. The highest BCUT2D eigenvalue weighted by Crippen LogP contribution is 2.34. The number of benzene rings is 1. The van der Waals surface area contributed by atoms with Crippen molar-refractivity contribution in [1.29, 1.82) is 0 Å². The molecule has 24 heavy (non-hydrogen) atoms. The Kier molecular flexibility index (Phi) is 5.45. The Morgan fingerprint density at radius 3 is 2.50 bits per heavy atom.